The van der Waals surface area contributed by atoms with Crippen LogP contribution in [-0.2, 0) is 44.6 Å². The zero-order chi connectivity index (χ0) is 49.6. The number of hydrogen-bond acceptors (Lipinski definition) is 10. The van der Waals surface area contributed by atoms with Crippen molar-refractivity contribution in [3.8, 4) is 11.1 Å². The number of ether oxygens (including phenoxy) is 6. The van der Waals surface area contributed by atoms with E-state index in [0.717, 1.165) is 72.8 Å². The minimum absolute atomic E-state index is 0.0395. The number of fused-ring (bicyclic) bond motifs is 3. The first-order valence-electron chi connectivity index (χ1n) is 27.0. The molecule has 0 bridgehead atoms. The highest BCUT2D eigenvalue weighted by Gasteiger charge is 2.49. The third-order valence-corrected chi connectivity index (χ3v) is 13.6. The zero-order valence-corrected chi connectivity index (χ0v) is 42.5. The predicted octanol–water partition coefficient (Wildman–Crippen LogP) is 13.2. The second kappa shape index (κ2) is 33.2. The molecule has 5 rings (SSSR count). The Hall–Kier alpha value is -4.55. The van der Waals surface area contributed by atoms with Crippen LogP contribution in [0.15, 0.2) is 91.5 Å². The fourth-order valence-corrected chi connectivity index (χ4v) is 9.75. The third kappa shape index (κ3) is 19.6. The lowest BCUT2D eigenvalue weighted by atomic mass is 9.96. The van der Waals surface area contributed by atoms with Crippen molar-refractivity contribution in [1.29, 1.82) is 0 Å². The van der Waals surface area contributed by atoms with E-state index in [-0.39, 0.29) is 51.2 Å². The van der Waals surface area contributed by atoms with Crippen molar-refractivity contribution in [2.45, 2.75) is 211 Å². The van der Waals surface area contributed by atoms with Gasteiger partial charge in [0.15, 0.2) is 12.4 Å². The molecule has 1 saturated heterocycles. The van der Waals surface area contributed by atoms with E-state index in [1.165, 1.54) is 83.5 Å². The van der Waals surface area contributed by atoms with Crippen LogP contribution in [0.5, 0.6) is 0 Å². The highest BCUT2D eigenvalue weighted by Crippen LogP contribution is 2.44. The maximum Gasteiger partial charge on any atom is 0.407 e. The van der Waals surface area contributed by atoms with E-state index in [4.69, 9.17) is 28.4 Å². The summed E-state index contributed by atoms with van der Waals surface area (Å²) in [6, 6.07) is 24.6. The van der Waals surface area contributed by atoms with E-state index in [9.17, 15) is 19.5 Å². The molecule has 11 nitrogen and oxygen atoms in total. The van der Waals surface area contributed by atoms with Gasteiger partial charge in [-0.05, 0) is 47.1 Å². The molecule has 0 radical (unpaired) electrons. The Morgan fingerprint density at radius 3 is 1.81 bits per heavy atom. The van der Waals surface area contributed by atoms with Gasteiger partial charge < -0.3 is 38.8 Å². The van der Waals surface area contributed by atoms with Gasteiger partial charge in [-0.3, -0.25) is 9.59 Å². The number of aliphatic hydroxyl groups is 1. The van der Waals surface area contributed by atoms with Crippen molar-refractivity contribution in [3.63, 3.8) is 0 Å². The van der Waals surface area contributed by atoms with E-state index >= 15 is 0 Å². The molecule has 2 aliphatic rings. The van der Waals surface area contributed by atoms with Crippen molar-refractivity contribution in [2.75, 3.05) is 19.8 Å². The molecular formula is C59H85NO10. The molecule has 1 heterocycles. The van der Waals surface area contributed by atoms with Crippen LogP contribution in [0, 0.1) is 0 Å². The largest absolute Gasteiger partial charge is 0.462 e. The second-order valence-corrected chi connectivity index (χ2v) is 19.3. The molecule has 0 aromatic heterocycles. The van der Waals surface area contributed by atoms with E-state index < -0.39 is 48.8 Å². The number of hydrogen-bond donors (Lipinski definition) is 2. The number of esters is 2. The van der Waals surface area contributed by atoms with Crippen LogP contribution in [0.25, 0.3) is 11.1 Å². The number of aliphatic hydroxyl groups excluding tert-OH is 1. The van der Waals surface area contributed by atoms with Crippen LogP contribution in [0.3, 0.4) is 0 Å². The number of alkyl carbamates (subject to hydrolysis) is 1. The summed E-state index contributed by atoms with van der Waals surface area (Å²) < 4.78 is 36.5. The summed E-state index contributed by atoms with van der Waals surface area (Å²) in [6.45, 7) is 8.53. The number of nitrogens with one attached hydrogen (secondary N) is 1. The highest BCUT2D eigenvalue weighted by molar-refractivity contribution is 5.79. The summed E-state index contributed by atoms with van der Waals surface area (Å²) in [5.41, 5.74) is 5.24. The maximum atomic E-state index is 14.2. The average Bonchev–Trinajstić information content (AvgIpc) is 3.69. The van der Waals surface area contributed by atoms with Crippen molar-refractivity contribution >= 4 is 18.0 Å². The number of carbonyl (C=O) groups excluding carboxylic acids is 3. The zero-order valence-electron chi connectivity index (χ0n) is 42.5. The highest BCUT2D eigenvalue weighted by atomic mass is 16.7. The second-order valence-electron chi connectivity index (χ2n) is 19.3. The number of carbonyl (C=O) groups is 3. The van der Waals surface area contributed by atoms with Crippen molar-refractivity contribution in [2.24, 2.45) is 0 Å². The van der Waals surface area contributed by atoms with Crippen LogP contribution in [0.4, 0.5) is 4.79 Å². The lowest BCUT2D eigenvalue weighted by molar-refractivity contribution is -0.273. The van der Waals surface area contributed by atoms with Crippen molar-refractivity contribution in [1.82, 2.24) is 5.32 Å². The molecule has 70 heavy (non-hydrogen) atoms. The molecule has 3 aromatic carbocycles. The number of unbranched alkanes of at least 4 members (excludes halogenated alkanes) is 18. The maximum absolute atomic E-state index is 14.2. The normalized spacial score (nSPS) is 18.9. The molecule has 11 heteroatoms. The molecule has 0 spiro atoms. The standard InChI is InChI=1S/C59H85NO10/c1-4-7-9-11-13-15-16-18-20-22-27-39-53(61)68-46(34-26-21-19-17-14-12-10-8-5-2)41-54(62)70-57-55(58(66-40-6-3)69-52(56(57)63)44-65-42-45-32-24-23-25-33-45)60-59(64)67-43-51-49-37-30-28-35-47(49)48-36-29-31-38-50(48)51/h6,23-25,28-33,35-38,46,51-52,55-58,63H,3-5,7-22,26-27,34,39-44H2,1-2H3,(H,60,64)/t46-,52-,55-,56-,57-,58+/m1/s1. The van der Waals surface area contributed by atoms with Gasteiger partial charge in [-0.2, -0.15) is 0 Å². The van der Waals surface area contributed by atoms with Gasteiger partial charge in [0.1, 0.15) is 31.0 Å². The molecule has 386 valence electrons. The quantitative estimate of drug-likeness (QED) is 0.0251. The molecular weight excluding hydrogens is 883 g/mol. The fourth-order valence-electron chi connectivity index (χ4n) is 9.75. The summed E-state index contributed by atoms with van der Waals surface area (Å²) >= 11 is 0. The molecule has 1 aliphatic heterocycles. The minimum atomic E-state index is -1.44. The van der Waals surface area contributed by atoms with Gasteiger partial charge >= 0.3 is 18.0 Å². The van der Waals surface area contributed by atoms with Gasteiger partial charge in [0.25, 0.3) is 0 Å². The van der Waals surface area contributed by atoms with Gasteiger partial charge in [-0.1, -0.05) is 214 Å². The molecule has 1 fully saturated rings. The van der Waals surface area contributed by atoms with Crippen LogP contribution in [0.2, 0.25) is 0 Å². The molecule has 6 atom stereocenters. The average molecular weight is 968 g/mol. The Kier molecular flexibility index (Phi) is 26.7. The lowest BCUT2D eigenvalue weighted by Gasteiger charge is -2.44. The topological polar surface area (TPSA) is 139 Å². The Morgan fingerprint density at radius 1 is 0.686 bits per heavy atom. The van der Waals surface area contributed by atoms with Crippen LogP contribution in [0.1, 0.15) is 184 Å². The Balaban J connectivity index is 1.24. The van der Waals surface area contributed by atoms with E-state index in [1.807, 2.05) is 66.7 Å². The van der Waals surface area contributed by atoms with Gasteiger partial charge in [0.2, 0.25) is 0 Å². The van der Waals surface area contributed by atoms with Gasteiger partial charge in [-0.15, -0.1) is 6.58 Å². The van der Waals surface area contributed by atoms with Crippen LogP contribution in [-0.4, -0.2) is 79.7 Å². The van der Waals surface area contributed by atoms with Gasteiger partial charge in [0.05, 0.1) is 26.2 Å². The monoisotopic (exact) mass is 968 g/mol. The Bertz CT molecular complexity index is 1890. The Morgan fingerprint density at radius 2 is 1.23 bits per heavy atom. The molecule has 0 saturated carbocycles. The smallest absolute Gasteiger partial charge is 0.407 e. The van der Waals surface area contributed by atoms with E-state index in [1.54, 1.807) is 6.08 Å². The molecule has 1 amide bonds. The van der Waals surface area contributed by atoms with E-state index in [0.29, 0.717) is 6.42 Å². The van der Waals surface area contributed by atoms with Gasteiger partial charge in [-0.25, -0.2) is 4.79 Å². The number of amides is 1. The van der Waals surface area contributed by atoms with E-state index in [2.05, 4.69) is 37.9 Å². The first-order chi connectivity index (χ1) is 34.3. The summed E-state index contributed by atoms with van der Waals surface area (Å²) in [6.07, 6.45) is 18.8. The summed E-state index contributed by atoms with van der Waals surface area (Å²) in [5, 5.41) is 14.8. The fraction of sp³-hybridized carbons (Fsp3) is 0.610. The minimum Gasteiger partial charge on any atom is -0.462 e. The number of rotatable bonds is 36. The summed E-state index contributed by atoms with van der Waals surface area (Å²) in [5.74, 6) is -1.20. The third-order valence-electron chi connectivity index (χ3n) is 13.6. The first kappa shape index (κ1) is 56.4. The predicted molar refractivity (Wildman–Crippen MR) is 276 cm³/mol. The molecule has 1 aliphatic carbocycles. The molecule has 0 unspecified atom stereocenters. The summed E-state index contributed by atoms with van der Waals surface area (Å²) in [4.78, 5) is 41.4. The van der Waals surface area contributed by atoms with Gasteiger partial charge in [0, 0.05) is 12.3 Å². The van der Waals surface area contributed by atoms with Crippen LogP contribution < -0.4 is 5.32 Å². The number of benzene rings is 3. The molecule has 2 N–H and O–H groups in total. The summed E-state index contributed by atoms with van der Waals surface area (Å²) in [7, 11) is 0. The SMILES string of the molecule is C=CCO[C@H]1O[C@H](COCc2ccccc2)[C@@H](O)[C@H](OC(=O)C[C@@H](CCCCCCCCCCC)OC(=O)CCCCCCCCCCCCC)[C@H]1NC(=O)OCC1c2ccccc2-c2ccccc21. The lowest BCUT2D eigenvalue weighted by Crippen LogP contribution is -2.66. The Labute approximate surface area is 419 Å². The first-order valence-corrected chi connectivity index (χ1v) is 27.0. The van der Waals surface area contributed by atoms with Crippen molar-refractivity contribution < 1.29 is 47.9 Å². The van der Waals surface area contributed by atoms with Crippen molar-refractivity contribution in [3.05, 3.63) is 108 Å². The molecule has 3 aromatic rings. The van der Waals surface area contributed by atoms with Crippen LogP contribution >= 0.6 is 0 Å².